The molecule has 1 saturated heterocycles. The Hall–Kier alpha value is -2.99. The molecule has 31 heavy (non-hydrogen) atoms. The Balaban J connectivity index is 1.29. The molecule has 5 rings (SSSR count). The second-order valence-corrected chi connectivity index (χ2v) is 8.55. The van der Waals surface area contributed by atoms with E-state index in [2.05, 4.69) is 16.1 Å². The molecule has 5 nitrogen and oxygen atoms in total. The van der Waals surface area contributed by atoms with Gasteiger partial charge in [0.15, 0.2) is 5.58 Å². The molecule has 0 unspecified atom stereocenters. The zero-order chi connectivity index (χ0) is 21.5. The summed E-state index contributed by atoms with van der Waals surface area (Å²) >= 11 is 0. The molecule has 1 aliphatic rings. The van der Waals surface area contributed by atoms with Gasteiger partial charge in [-0.15, -0.1) is 0 Å². The zero-order valence-electron chi connectivity index (χ0n) is 17.9. The number of nitrogens with zero attached hydrogens (tertiary/aromatic N) is 3. The summed E-state index contributed by atoms with van der Waals surface area (Å²) in [6.45, 7) is 7.34. The van der Waals surface area contributed by atoms with E-state index in [0.29, 0.717) is 18.0 Å². The van der Waals surface area contributed by atoms with Crippen LogP contribution in [0.15, 0.2) is 51.8 Å². The third-order valence-electron chi connectivity index (χ3n) is 6.80. The van der Waals surface area contributed by atoms with E-state index in [-0.39, 0.29) is 11.4 Å². The second kappa shape index (κ2) is 7.93. The van der Waals surface area contributed by atoms with Crippen LogP contribution < -0.4 is 5.56 Å². The van der Waals surface area contributed by atoms with Crippen molar-refractivity contribution >= 4 is 21.9 Å². The van der Waals surface area contributed by atoms with Gasteiger partial charge in [0.2, 0.25) is 0 Å². The summed E-state index contributed by atoms with van der Waals surface area (Å²) in [4.78, 5) is 15.3. The monoisotopic (exact) mass is 419 g/mol. The number of likely N-dealkylation sites (tertiary alicyclic amines) is 1. The molecule has 3 heterocycles. The molecular weight excluding hydrogens is 393 g/mol. The minimum absolute atomic E-state index is 0.104. The molecule has 0 atom stereocenters. The Morgan fingerprint density at radius 3 is 2.61 bits per heavy atom. The highest BCUT2D eigenvalue weighted by molar-refractivity contribution is 5.83. The average molecular weight is 420 g/mol. The highest BCUT2D eigenvalue weighted by Crippen LogP contribution is 2.32. The SMILES string of the molecule is Cc1c(C)c2ccccc2n(CCN2CCC(c3noc4cc(F)ccc34)CC2)c1=O. The normalized spacial score (nSPS) is 15.8. The third kappa shape index (κ3) is 3.55. The van der Waals surface area contributed by atoms with E-state index in [9.17, 15) is 9.18 Å². The van der Waals surface area contributed by atoms with Crippen molar-refractivity contribution in [3.8, 4) is 0 Å². The fraction of sp³-hybridized carbons (Fsp3) is 0.360. The van der Waals surface area contributed by atoms with Crippen molar-refractivity contribution in [2.24, 2.45) is 0 Å². The molecule has 0 aliphatic carbocycles. The Kier molecular flexibility index (Phi) is 5.10. The molecule has 1 aliphatic heterocycles. The van der Waals surface area contributed by atoms with Gasteiger partial charge in [-0.1, -0.05) is 23.4 Å². The number of rotatable bonds is 4. The molecule has 4 aromatic rings. The summed E-state index contributed by atoms with van der Waals surface area (Å²) in [6.07, 6.45) is 1.95. The van der Waals surface area contributed by atoms with Crippen LogP contribution in [-0.2, 0) is 6.54 Å². The first kappa shape index (κ1) is 19.9. The Morgan fingerprint density at radius 1 is 1.03 bits per heavy atom. The molecule has 160 valence electrons. The minimum atomic E-state index is -0.306. The highest BCUT2D eigenvalue weighted by atomic mass is 19.1. The number of aromatic nitrogens is 2. The molecule has 0 N–H and O–H groups in total. The molecule has 0 saturated carbocycles. The predicted octanol–water partition coefficient (Wildman–Crippen LogP) is 4.78. The molecule has 1 fully saturated rings. The van der Waals surface area contributed by atoms with Gasteiger partial charge < -0.3 is 14.0 Å². The van der Waals surface area contributed by atoms with Crippen LogP contribution in [-0.4, -0.2) is 34.3 Å². The number of para-hydroxylation sites is 1. The van der Waals surface area contributed by atoms with E-state index in [1.165, 1.54) is 12.1 Å². The van der Waals surface area contributed by atoms with E-state index >= 15 is 0 Å². The highest BCUT2D eigenvalue weighted by Gasteiger charge is 2.25. The number of piperidine rings is 1. The van der Waals surface area contributed by atoms with Gasteiger partial charge in [0.1, 0.15) is 5.82 Å². The summed E-state index contributed by atoms with van der Waals surface area (Å²) in [6, 6.07) is 12.8. The van der Waals surface area contributed by atoms with E-state index in [1.807, 2.05) is 36.6 Å². The largest absolute Gasteiger partial charge is 0.356 e. The summed E-state index contributed by atoms with van der Waals surface area (Å²) in [5, 5.41) is 6.29. The maximum atomic E-state index is 13.4. The van der Waals surface area contributed by atoms with Crippen LogP contribution >= 0.6 is 0 Å². The third-order valence-corrected chi connectivity index (χ3v) is 6.80. The number of aryl methyl sites for hydroxylation is 1. The summed E-state index contributed by atoms with van der Waals surface area (Å²) < 4.78 is 20.7. The smallest absolute Gasteiger partial charge is 0.254 e. The van der Waals surface area contributed by atoms with Crippen LogP contribution in [0.3, 0.4) is 0 Å². The van der Waals surface area contributed by atoms with E-state index < -0.39 is 0 Å². The lowest BCUT2D eigenvalue weighted by atomic mass is 9.91. The van der Waals surface area contributed by atoms with Crippen LogP contribution in [0, 0.1) is 19.7 Å². The average Bonchev–Trinajstić information content (AvgIpc) is 3.21. The van der Waals surface area contributed by atoms with Crippen molar-refractivity contribution in [2.45, 2.75) is 39.2 Å². The Morgan fingerprint density at radius 2 is 1.81 bits per heavy atom. The molecule has 6 heteroatoms. The van der Waals surface area contributed by atoms with Crippen molar-refractivity contribution in [3.05, 3.63) is 75.5 Å². The lowest BCUT2D eigenvalue weighted by Gasteiger charge is -2.31. The van der Waals surface area contributed by atoms with Gasteiger partial charge in [0, 0.05) is 41.4 Å². The summed E-state index contributed by atoms with van der Waals surface area (Å²) in [7, 11) is 0. The van der Waals surface area contributed by atoms with Crippen molar-refractivity contribution in [2.75, 3.05) is 19.6 Å². The summed E-state index contributed by atoms with van der Waals surface area (Å²) in [5.74, 6) is 0.00672. The fourth-order valence-electron chi connectivity index (χ4n) is 4.82. The van der Waals surface area contributed by atoms with Crippen LogP contribution in [0.2, 0.25) is 0 Å². The van der Waals surface area contributed by atoms with Gasteiger partial charge in [-0.3, -0.25) is 4.79 Å². The lowest BCUT2D eigenvalue weighted by molar-refractivity contribution is 0.202. The van der Waals surface area contributed by atoms with Gasteiger partial charge in [-0.2, -0.15) is 0 Å². The number of hydrogen-bond acceptors (Lipinski definition) is 4. The van der Waals surface area contributed by atoms with Gasteiger partial charge in [-0.25, -0.2) is 4.39 Å². The molecule has 0 bridgehead atoms. The lowest BCUT2D eigenvalue weighted by Crippen LogP contribution is -2.37. The van der Waals surface area contributed by atoms with Crippen molar-refractivity contribution < 1.29 is 8.91 Å². The van der Waals surface area contributed by atoms with E-state index in [1.54, 1.807) is 6.07 Å². The molecule has 0 spiro atoms. The number of hydrogen-bond donors (Lipinski definition) is 0. The Labute approximate surface area is 180 Å². The van der Waals surface area contributed by atoms with Gasteiger partial charge in [0.05, 0.1) is 11.2 Å². The molecule has 0 amide bonds. The number of benzene rings is 2. The first-order valence-corrected chi connectivity index (χ1v) is 10.9. The van der Waals surface area contributed by atoms with E-state index in [0.717, 1.165) is 65.6 Å². The van der Waals surface area contributed by atoms with Crippen molar-refractivity contribution in [3.63, 3.8) is 0 Å². The first-order valence-electron chi connectivity index (χ1n) is 10.9. The second-order valence-electron chi connectivity index (χ2n) is 8.55. The predicted molar refractivity (Wildman–Crippen MR) is 120 cm³/mol. The van der Waals surface area contributed by atoms with Gasteiger partial charge >= 0.3 is 0 Å². The maximum Gasteiger partial charge on any atom is 0.254 e. The zero-order valence-corrected chi connectivity index (χ0v) is 17.9. The molecule has 0 radical (unpaired) electrons. The summed E-state index contributed by atoms with van der Waals surface area (Å²) in [5.41, 5.74) is 4.45. The van der Waals surface area contributed by atoms with Crippen LogP contribution in [0.1, 0.15) is 35.6 Å². The van der Waals surface area contributed by atoms with Crippen LogP contribution in [0.4, 0.5) is 4.39 Å². The van der Waals surface area contributed by atoms with Crippen molar-refractivity contribution in [1.29, 1.82) is 0 Å². The minimum Gasteiger partial charge on any atom is -0.356 e. The Bertz CT molecular complexity index is 1320. The van der Waals surface area contributed by atoms with E-state index in [4.69, 9.17) is 4.52 Å². The topological polar surface area (TPSA) is 51.3 Å². The molecule has 2 aromatic carbocycles. The number of pyridine rings is 1. The number of halogens is 1. The standard InChI is InChI=1S/C25H26FN3O2/c1-16-17(2)25(30)29(22-6-4-3-5-20(16)22)14-13-28-11-9-18(10-12-28)24-21-8-7-19(26)15-23(21)31-27-24/h3-8,15,18H,9-14H2,1-2H3. The number of fused-ring (bicyclic) bond motifs is 2. The molecular formula is C25H26FN3O2. The quantitative estimate of drug-likeness (QED) is 0.478. The van der Waals surface area contributed by atoms with Crippen LogP contribution in [0.5, 0.6) is 0 Å². The molecule has 2 aromatic heterocycles. The van der Waals surface area contributed by atoms with Gasteiger partial charge in [0.25, 0.3) is 5.56 Å². The maximum absolute atomic E-state index is 13.4. The fourth-order valence-corrected chi connectivity index (χ4v) is 4.82. The van der Waals surface area contributed by atoms with Crippen LogP contribution in [0.25, 0.3) is 21.9 Å². The van der Waals surface area contributed by atoms with Crippen molar-refractivity contribution in [1.82, 2.24) is 14.6 Å². The van der Waals surface area contributed by atoms with Gasteiger partial charge in [-0.05, 0) is 63.5 Å². The first-order chi connectivity index (χ1) is 15.0.